The molecule has 0 aliphatic rings. The number of benzene rings is 3. The number of H-pyrrole nitrogens is 1. The quantitative estimate of drug-likeness (QED) is 0.194. The number of anilines is 1. The Morgan fingerprint density at radius 3 is 2.60 bits per heavy atom. The lowest BCUT2D eigenvalue weighted by Crippen LogP contribution is -2.30. The summed E-state index contributed by atoms with van der Waals surface area (Å²) >= 11 is 0. The zero-order valence-electron chi connectivity index (χ0n) is 18.4. The summed E-state index contributed by atoms with van der Waals surface area (Å²) in [5.74, 6) is -0.973. The van der Waals surface area contributed by atoms with Crippen LogP contribution in [-0.4, -0.2) is 46.3 Å². The third kappa shape index (κ3) is 5.08. The van der Waals surface area contributed by atoms with Gasteiger partial charge in [0.05, 0.1) is 29.3 Å². The normalized spacial score (nSPS) is 11.4. The van der Waals surface area contributed by atoms with Gasteiger partial charge in [-0.1, -0.05) is 12.1 Å². The van der Waals surface area contributed by atoms with E-state index in [1.807, 2.05) is 0 Å². The molecule has 0 radical (unpaired) electrons. The Balaban J connectivity index is 1.41. The summed E-state index contributed by atoms with van der Waals surface area (Å²) in [6.45, 7) is 0.368. The van der Waals surface area contributed by atoms with Gasteiger partial charge < -0.3 is 30.6 Å². The number of alkyl halides is 3. The third-order valence-electron chi connectivity index (χ3n) is 5.25. The number of rotatable bonds is 7. The summed E-state index contributed by atoms with van der Waals surface area (Å²) in [5.41, 5.74) is 1.11. The van der Waals surface area contributed by atoms with E-state index < -0.39 is 23.2 Å². The van der Waals surface area contributed by atoms with Crippen LogP contribution in [0.5, 0.6) is 17.2 Å². The number of aromatic nitrogens is 2. The van der Waals surface area contributed by atoms with Crippen molar-refractivity contribution in [3.8, 4) is 28.6 Å². The Hall–Kier alpha value is -4.41. The van der Waals surface area contributed by atoms with Crippen molar-refractivity contribution in [2.45, 2.75) is 6.18 Å². The van der Waals surface area contributed by atoms with Crippen molar-refractivity contribution in [1.82, 2.24) is 15.3 Å². The first-order chi connectivity index (χ1) is 16.7. The molecule has 0 spiro atoms. The Kier molecular flexibility index (Phi) is 6.41. The minimum Gasteiger partial charge on any atom is -0.504 e. The van der Waals surface area contributed by atoms with E-state index in [0.717, 1.165) is 12.1 Å². The van der Waals surface area contributed by atoms with Gasteiger partial charge in [-0.15, -0.1) is 0 Å². The molecule has 0 aliphatic carbocycles. The predicted molar refractivity (Wildman–Crippen MR) is 124 cm³/mol. The molecule has 4 rings (SSSR count). The standard InChI is InChI=1S/C24H21F3N4O4/c1-35-20-11-13(10-19(32)21(20)33)22-30-17-7-6-14(12-18(17)31-22)28-8-9-29-23(34)15-4-2-3-5-16(15)24(25,26)27/h2-7,10-12,28,32-33H,8-9H2,1H3,(H,29,34)(H,30,31). The van der Waals surface area contributed by atoms with Crippen LogP contribution in [0.3, 0.4) is 0 Å². The zero-order valence-corrected chi connectivity index (χ0v) is 18.4. The molecule has 35 heavy (non-hydrogen) atoms. The average Bonchev–Trinajstić information content (AvgIpc) is 3.26. The monoisotopic (exact) mass is 486 g/mol. The van der Waals surface area contributed by atoms with Gasteiger partial charge in [-0.25, -0.2) is 4.98 Å². The number of nitrogens with zero attached hydrogens (tertiary/aromatic N) is 1. The van der Waals surface area contributed by atoms with E-state index >= 15 is 0 Å². The Morgan fingerprint density at radius 2 is 1.86 bits per heavy atom. The van der Waals surface area contributed by atoms with E-state index in [0.29, 0.717) is 28.1 Å². The largest absolute Gasteiger partial charge is 0.504 e. The van der Waals surface area contributed by atoms with Crippen LogP contribution in [-0.2, 0) is 6.18 Å². The number of aromatic amines is 1. The molecule has 0 aliphatic heterocycles. The first kappa shape index (κ1) is 23.7. The SMILES string of the molecule is COc1cc(-c2nc3cc(NCCNC(=O)c4ccccc4C(F)(F)F)ccc3[nH]2)cc(O)c1O. The molecule has 0 unspecified atom stereocenters. The first-order valence-electron chi connectivity index (χ1n) is 10.5. The lowest BCUT2D eigenvalue weighted by molar-refractivity contribution is -0.137. The fraction of sp³-hybridized carbons (Fsp3) is 0.167. The maximum Gasteiger partial charge on any atom is 0.417 e. The molecular formula is C24H21F3N4O4. The summed E-state index contributed by atoms with van der Waals surface area (Å²) in [6, 6.07) is 12.8. The molecule has 1 heterocycles. The van der Waals surface area contributed by atoms with Crippen LogP contribution in [0.25, 0.3) is 22.4 Å². The van der Waals surface area contributed by atoms with Gasteiger partial charge in [-0.2, -0.15) is 13.2 Å². The number of aromatic hydroxyl groups is 2. The average molecular weight is 486 g/mol. The lowest BCUT2D eigenvalue weighted by atomic mass is 10.1. The number of methoxy groups -OCH3 is 1. The van der Waals surface area contributed by atoms with E-state index in [1.54, 1.807) is 18.2 Å². The highest BCUT2D eigenvalue weighted by atomic mass is 19.4. The van der Waals surface area contributed by atoms with Crippen LogP contribution in [0.1, 0.15) is 15.9 Å². The van der Waals surface area contributed by atoms with Gasteiger partial charge in [0.2, 0.25) is 5.75 Å². The molecule has 11 heteroatoms. The number of carbonyl (C=O) groups is 1. The van der Waals surface area contributed by atoms with E-state index in [-0.39, 0.29) is 30.3 Å². The van der Waals surface area contributed by atoms with Crippen LogP contribution in [0.2, 0.25) is 0 Å². The van der Waals surface area contributed by atoms with Crippen LogP contribution in [0.15, 0.2) is 54.6 Å². The third-order valence-corrected chi connectivity index (χ3v) is 5.25. The smallest absolute Gasteiger partial charge is 0.417 e. The number of hydrogen-bond donors (Lipinski definition) is 5. The molecule has 0 atom stereocenters. The molecule has 0 bridgehead atoms. The van der Waals surface area contributed by atoms with Crippen LogP contribution >= 0.6 is 0 Å². The van der Waals surface area contributed by atoms with Crippen molar-refractivity contribution in [3.05, 3.63) is 65.7 Å². The van der Waals surface area contributed by atoms with Crippen molar-refractivity contribution in [2.24, 2.45) is 0 Å². The van der Waals surface area contributed by atoms with E-state index in [9.17, 15) is 28.2 Å². The van der Waals surface area contributed by atoms with Crippen LogP contribution < -0.4 is 15.4 Å². The second-order valence-electron chi connectivity index (χ2n) is 7.59. The summed E-state index contributed by atoms with van der Waals surface area (Å²) in [4.78, 5) is 19.8. The highest BCUT2D eigenvalue weighted by Gasteiger charge is 2.34. The van der Waals surface area contributed by atoms with Gasteiger partial charge in [0, 0.05) is 24.3 Å². The number of hydrogen-bond acceptors (Lipinski definition) is 6. The molecule has 0 saturated carbocycles. The minimum absolute atomic E-state index is 0.0987. The first-order valence-corrected chi connectivity index (χ1v) is 10.5. The molecule has 182 valence electrons. The van der Waals surface area contributed by atoms with Gasteiger partial charge >= 0.3 is 6.18 Å². The van der Waals surface area contributed by atoms with Crippen molar-refractivity contribution >= 4 is 22.6 Å². The number of halogens is 3. The molecule has 4 aromatic rings. The van der Waals surface area contributed by atoms with E-state index in [4.69, 9.17) is 4.74 Å². The number of ether oxygens (including phenoxy) is 1. The van der Waals surface area contributed by atoms with Gasteiger partial charge in [0.1, 0.15) is 5.82 Å². The molecule has 0 saturated heterocycles. The Bertz CT molecular complexity index is 1390. The molecule has 1 amide bonds. The van der Waals surface area contributed by atoms with Crippen molar-refractivity contribution in [3.63, 3.8) is 0 Å². The zero-order chi connectivity index (χ0) is 25.2. The molecule has 0 fully saturated rings. The van der Waals surface area contributed by atoms with E-state index in [2.05, 4.69) is 20.6 Å². The predicted octanol–water partition coefficient (Wildman–Crippen LogP) is 4.51. The Morgan fingerprint density at radius 1 is 1.09 bits per heavy atom. The molecule has 1 aromatic heterocycles. The number of phenols is 2. The lowest BCUT2D eigenvalue weighted by Gasteiger charge is -2.13. The van der Waals surface area contributed by atoms with Gasteiger partial charge in [-0.05, 0) is 42.5 Å². The number of nitrogens with one attached hydrogen (secondary N) is 3. The molecule has 8 nitrogen and oxygen atoms in total. The minimum atomic E-state index is -4.62. The number of carbonyl (C=O) groups excluding carboxylic acids is 1. The summed E-state index contributed by atoms with van der Waals surface area (Å²) < 4.78 is 44.4. The molecule has 3 aromatic carbocycles. The van der Waals surface area contributed by atoms with Crippen molar-refractivity contribution in [1.29, 1.82) is 0 Å². The van der Waals surface area contributed by atoms with Crippen LogP contribution in [0.4, 0.5) is 18.9 Å². The maximum atomic E-state index is 13.1. The maximum absolute atomic E-state index is 13.1. The fourth-order valence-electron chi connectivity index (χ4n) is 3.54. The number of fused-ring (bicyclic) bond motifs is 1. The number of imidazole rings is 1. The topological polar surface area (TPSA) is 120 Å². The van der Waals surface area contributed by atoms with Crippen molar-refractivity contribution in [2.75, 3.05) is 25.5 Å². The van der Waals surface area contributed by atoms with Gasteiger partial charge in [0.15, 0.2) is 11.5 Å². The second-order valence-corrected chi connectivity index (χ2v) is 7.59. The summed E-state index contributed by atoms with van der Waals surface area (Å²) in [6.07, 6.45) is -4.62. The highest BCUT2D eigenvalue weighted by molar-refractivity contribution is 5.95. The van der Waals surface area contributed by atoms with Gasteiger partial charge in [0.25, 0.3) is 5.91 Å². The molecular weight excluding hydrogens is 465 g/mol. The Labute approximate surface area is 197 Å². The molecule has 5 N–H and O–H groups in total. The van der Waals surface area contributed by atoms with Crippen molar-refractivity contribution < 1.29 is 32.9 Å². The summed E-state index contributed by atoms with van der Waals surface area (Å²) in [7, 11) is 1.37. The van der Waals surface area contributed by atoms with E-state index in [1.165, 1.54) is 31.4 Å². The summed E-state index contributed by atoms with van der Waals surface area (Å²) in [5, 5.41) is 25.3. The fourth-order valence-corrected chi connectivity index (χ4v) is 3.54. The van der Waals surface area contributed by atoms with Gasteiger partial charge in [-0.3, -0.25) is 4.79 Å². The second kappa shape index (κ2) is 9.45. The highest BCUT2D eigenvalue weighted by Crippen LogP contribution is 2.39. The number of phenolic OH excluding ortho intramolecular Hbond substituents is 2. The number of amides is 1. The van der Waals surface area contributed by atoms with Crippen LogP contribution in [0, 0.1) is 0 Å².